The van der Waals surface area contributed by atoms with Gasteiger partial charge in [-0.3, -0.25) is 14.4 Å². The smallest absolute Gasteiger partial charge is 0.253 e. The Hall–Kier alpha value is -3.93. The van der Waals surface area contributed by atoms with Crippen LogP contribution in [0.2, 0.25) is 0 Å². The fourth-order valence-corrected chi connectivity index (χ4v) is 3.56. The van der Waals surface area contributed by atoms with E-state index in [9.17, 15) is 14.4 Å². The zero-order chi connectivity index (χ0) is 23.6. The van der Waals surface area contributed by atoms with Crippen molar-refractivity contribution in [3.05, 3.63) is 102 Å². The molecule has 3 rings (SSSR count). The molecule has 0 spiro atoms. The van der Waals surface area contributed by atoms with E-state index in [1.807, 2.05) is 50.2 Å². The number of rotatable bonds is 9. The van der Waals surface area contributed by atoms with Crippen LogP contribution in [0.3, 0.4) is 0 Å². The van der Waals surface area contributed by atoms with Crippen LogP contribution in [0.15, 0.2) is 84.9 Å². The van der Waals surface area contributed by atoms with Gasteiger partial charge in [0.15, 0.2) is 0 Å². The number of carbonyl (C=O) groups is 3. The summed E-state index contributed by atoms with van der Waals surface area (Å²) in [5.41, 5.74) is 2.55. The van der Waals surface area contributed by atoms with Gasteiger partial charge in [0.05, 0.1) is 12.5 Å². The third kappa shape index (κ3) is 6.53. The van der Waals surface area contributed by atoms with Crippen molar-refractivity contribution in [3.63, 3.8) is 0 Å². The Labute approximate surface area is 194 Å². The van der Waals surface area contributed by atoms with Gasteiger partial charge in [-0.1, -0.05) is 48.5 Å². The SMILES string of the molecule is CCN(CC)C(=O)c1ccc(NC(=O)CC(NC(=O)c2ccccc2)c2ccccc2)cc1. The average molecular weight is 444 g/mol. The topological polar surface area (TPSA) is 78.5 Å². The highest BCUT2D eigenvalue weighted by Crippen LogP contribution is 2.19. The average Bonchev–Trinajstić information content (AvgIpc) is 2.85. The molecule has 0 saturated heterocycles. The van der Waals surface area contributed by atoms with Gasteiger partial charge in [-0.05, 0) is 55.8 Å². The fourth-order valence-electron chi connectivity index (χ4n) is 3.56. The molecule has 3 aromatic carbocycles. The van der Waals surface area contributed by atoms with Crippen molar-refractivity contribution in [2.45, 2.75) is 26.3 Å². The van der Waals surface area contributed by atoms with Gasteiger partial charge in [0.2, 0.25) is 5.91 Å². The highest BCUT2D eigenvalue weighted by atomic mass is 16.2. The van der Waals surface area contributed by atoms with Crippen LogP contribution in [0.4, 0.5) is 5.69 Å². The number of hydrogen-bond acceptors (Lipinski definition) is 3. The molecule has 6 heteroatoms. The maximum Gasteiger partial charge on any atom is 0.253 e. The molecule has 0 aliphatic rings. The number of nitrogens with zero attached hydrogens (tertiary/aromatic N) is 1. The van der Waals surface area contributed by atoms with Crippen molar-refractivity contribution >= 4 is 23.4 Å². The lowest BCUT2D eigenvalue weighted by atomic mass is 10.0. The largest absolute Gasteiger partial charge is 0.345 e. The van der Waals surface area contributed by atoms with E-state index in [1.54, 1.807) is 53.4 Å². The van der Waals surface area contributed by atoms with E-state index in [0.717, 1.165) is 5.56 Å². The summed E-state index contributed by atoms with van der Waals surface area (Å²) >= 11 is 0. The summed E-state index contributed by atoms with van der Waals surface area (Å²) in [6.07, 6.45) is 0.0721. The van der Waals surface area contributed by atoms with Gasteiger partial charge >= 0.3 is 0 Å². The Morgan fingerprint density at radius 2 is 1.33 bits per heavy atom. The lowest BCUT2D eigenvalue weighted by Gasteiger charge is -2.20. The van der Waals surface area contributed by atoms with E-state index >= 15 is 0 Å². The second-order valence-electron chi connectivity index (χ2n) is 7.61. The van der Waals surface area contributed by atoms with Gasteiger partial charge in [-0.2, -0.15) is 0 Å². The first-order chi connectivity index (χ1) is 16.0. The molecular weight excluding hydrogens is 414 g/mol. The molecule has 1 unspecified atom stereocenters. The van der Waals surface area contributed by atoms with Crippen LogP contribution in [0.5, 0.6) is 0 Å². The maximum atomic E-state index is 12.8. The van der Waals surface area contributed by atoms with Crippen LogP contribution >= 0.6 is 0 Å². The molecule has 0 aliphatic carbocycles. The third-order valence-corrected chi connectivity index (χ3v) is 5.40. The molecule has 0 bridgehead atoms. The van der Waals surface area contributed by atoms with Crippen molar-refractivity contribution < 1.29 is 14.4 Å². The number of anilines is 1. The lowest BCUT2D eigenvalue weighted by molar-refractivity contribution is -0.116. The first-order valence-electron chi connectivity index (χ1n) is 11.1. The summed E-state index contributed by atoms with van der Waals surface area (Å²) in [4.78, 5) is 39.7. The molecule has 0 radical (unpaired) electrons. The zero-order valence-corrected chi connectivity index (χ0v) is 19.0. The molecule has 0 aliphatic heterocycles. The second-order valence-corrected chi connectivity index (χ2v) is 7.61. The summed E-state index contributed by atoms with van der Waals surface area (Å²) in [6, 6.07) is 24.7. The molecule has 3 amide bonds. The highest BCUT2D eigenvalue weighted by Gasteiger charge is 2.19. The molecule has 6 nitrogen and oxygen atoms in total. The van der Waals surface area contributed by atoms with Crippen LogP contribution in [0.25, 0.3) is 0 Å². The number of benzene rings is 3. The maximum absolute atomic E-state index is 12.8. The van der Waals surface area contributed by atoms with E-state index in [-0.39, 0.29) is 24.1 Å². The Morgan fingerprint density at radius 3 is 1.91 bits per heavy atom. The van der Waals surface area contributed by atoms with Gasteiger partial charge < -0.3 is 15.5 Å². The quantitative estimate of drug-likeness (QED) is 0.505. The van der Waals surface area contributed by atoms with Crippen LogP contribution in [0.1, 0.15) is 52.6 Å². The van der Waals surface area contributed by atoms with Gasteiger partial charge in [0.1, 0.15) is 0 Å². The van der Waals surface area contributed by atoms with Crippen LogP contribution in [-0.2, 0) is 4.79 Å². The predicted molar refractivity (Wildman–Crippen MR) is 130 cm³/mol. The lowest BCUT2D eigenvalue weighted by Crippen LogP contribution is -2.31. The minimum absolute atomic E-state index is 0.0364. The summed E-state index contributed by atoms with van der Waals surface area (Å²) in [5, 5.41) is 5.83. The van der Waals surface area contributed by atoms with E-state index in [1.165, 1.54) is 0 Å². The summed E-state index contributed by atoms with van der Waals surface area (Å²) < 4.78 is 0. The van der Waals surface area contributed by atoms with Crippen molar-refractivity contribution in [1.29, 1.82) is 0 Å². The molecule has 1 atom stereocenters. The molecule has 170 valence electrons. The molecule has 0 fully saturated rings. The van der Waals surface area contributed by atoms with Crippen LogP contribution in [0, 0.1) is 0 Å². The van der Waals surface area contributed by atoms with Gasteiger partial charge in [0, 0.05) is 29.9 Å². The van der Waals surface area contributed by atoms with Crippen molar-refractivity contribution in [2.75, 3.05) is 18.4 Å². The Morgan fingerprint density at radius 1 is 0.758 bits per heavy atom. The van der Waals surface area contributed by atoms with Gasteiger partial charge in [0.25, 0.3) is 11.8 Å². The van der Waals surface area contributed by atoms with E-state index in [0.29, 0.717) is 29.9 Å². The van der Waals surface area contributed by atoms with Crippen LogP contribution < -0.4 is 10.6 Å². The highest BCUT2D eigenvalue weighted by molar-refractivity contribution is 5.97. The van der Waals surface area contributed by atoms with Crippen molar-refractivity contribution in [3.8, 4) is 0 Å². The predicted octanol–water partition coefficient (Wildman–Crippen LogP) is 4.67. The van der Waals surface area contributed by atoms with Gasteiger partial charge in [-0.25, -0.2) is 0 Å². The Kier molecular flexibility index (Phi) is 8.36. The molecule has 0 heterocycles. The van der Waals surface area contributed by atoms with Gasteiger partial charge in [-0.15, -0.1) is 0 Å². The number of amides is 3. The van der Waals surface area contributed by atoms with E-state index < -0.39 is 6.04 Å². The number of hydrogen-bond donors (Lipinski definition) is 2. The van der Waals surface area contributed by atoms with E-state index in [4.69, 9.17) is 0 Å². The fraction of sp³-hybridized carbons (Fsp3) is 0.222. The summed E-state index contributed by atoms with van der Waals surface area (Å²) in [5.74, 6) is -0.512. The van der Waals surface area contributed by atoms with Crippen molar-refractivity contribution in [1.82, 2.24) is 10.2 Å². The van der Waals surface area contributed by atoms with Crippen LogP contribution in [-0.4, -0.2) is 35.7 Å². The van der Waals surface area contributed by atoms with E-state index in [2.05, 4.69) is 10.6 Å². The molecule has 0 aromatic heterocycles. The number of carbonyl (C=O) groups excluding carboxylic acids is 3. The first kappa shape index (κ1) is 23.7. The van der Waals surface area contributed by atoms with Crippen molar-refractivity contribution in [2.24, 2.45) is 0 Å². The standard InChI is InChI=1S/C27H29N3O3/c1-3-30(4-2)27(33)22-15-17-23(18-16-22)28-25(31)19-24(20-11-7-5-8-12-20)29-26(32)21-13-9-6-10-14-21/h5-18,24H,3-4,19H2,1-2H3,(H,28,31)(H,29,32). The summed E-state index contributed by atoms with van der Waals surface area (Å²) in [6.45, 7) is 5.16. The second kappa shape index (κ2) is 11.6. The minimum atomic E-state index is -0.484. The monoisotopic (exact) mass is 443 g/mol. The number of nitrogens with one attached hydrogen (secondary N) is 2. The minimum Gasteiger partial charge on any atom is -0.345 e. The molecule has 0 saturated carbocycles. The molecule has 33 heavy (non-hydrogen) atoms. The molecule has 2 N–H and O–H groups in total. The summed E-state index contributed by atoms with van der Waals surface area (Å²) in [7, 11) is 0. The molecular formula is C27H29N3O3. The normalized spacial score (nSPS) is 11.3. The third-order valence-electron chi connectivity index (χ3n) is 5.40. The molecule has 3 aromatic rings. The Balaban J connectivity index is 1.68. The Bertz CT molecular complexity index is 1060. The first-order valence-corrected chi connectivity index (χ1v) is 11.1. The zero-order valence-electron chi connectivity index (χ0n) is 19.0.